The minimum Gasteiger partial charge on any atom is -0.497 e. The summed E-state index contributed by atoms with van der Waals surface area (Å²) in [5.41, 5.74) is 1.53. The Morgan fingerprint density at radius 3 is 2.26 bits per heavy atom. The van der Waals surface area contributed by atoms with Crippen LogP contribution in [-0.4, -0.2) is 22.8 Å². The molecule has 1 amide bonds. The van der Waals surface area contributed by atoms with Crippen LogP contribution in [0.2, 0.25) is 0 Å². The van der Waals surface area contributed by atoms with Gasteiger partial charge in [0.2, 0.25) is 0 Å². The standard InChI is InChI=1S/C25H23N3O3/c1-3-22(17-13-15-19(31-2)16-14-17)26-24(29)23-20-11-7-8-12-21(20)25(30)28(27-23)18-9-5-4-6-10-18/h4-16,22H,3H2,1-2H3,(H,26,29). The van der Waals surface area contributed by atoms with Crippen LogP contribution in [0.5, 0.6) is 5.75 Å². The SMILES string of the molecule is CCC(NC(=O)c1nn(-c2ccccc2)c(=O)c2ccccc12)c1ccc(OC)cc1. The van der Waals surface area contributed by atoms with Gasteiger partial charge in [0.15, 0.2) is 5.69 Å². The minimum absolute atomic E-state index is 0.198. The first-order chi connectivity index (χ1) is 15.1. The Balaban J connectivity index is 1.76. The summed E-state index contributed by atoms with van der Waals surface area (Å²) in [6.45, 7) is 2.01. The van der Waals surface area contributed by atoms with Crippen molar-refractivity contribution in [3.8, 4) is 11.4 Å². The molecule has 0 fully saturated rings. The van der Waals surface area contributed by atoms with Crippen molar-refractivity contribution in [1.29, 1.82) is 0 Å². The van der Waals surface area contributed by atoms with E-state index in [1.54, 1.807) is 43.5 Å². The average molecular weight is 413 g/mol. The molecule has 4 rings (SSSR count). The van der Waals surface area contributed by atoms with Crippen LogP contribution in [0.1, 0.15) is 35.4 Å². The fourth-order valence-corrected chi connectivity index (χ4v) is 3.59. The van der Waals surface area contributed by atoms with Gasteiger partial charge in [0.25, 0.3) is 11.5 Å². The highest BCUT2D eigenvalue weighted by molar-refractivity contribution is 6.05. The number of fused-ring (bicyclic) bond motifs is 1. The van der Waals surface area contributed by atoms with Crippen LogP contribution in [-0.2, 0) is 0 Å². The van der Waals surface area contributed by atoms with Crippen LogP contribution in [0.15, 0.2) is 83.7 Å². The molecule has 3 aromatic carbocycles. The fourth-order valence-electron chi connectivity index (χ4n) is 3.59. The lowest BCUT2D eigenvalue weighted by Crippen LogP contribution is -2.32. The number of aromatic nitrogens is 2. The number of nitrogens with zero attached hydrogens (tertiary/aromatic N) is 2. The molecule has 0 aliphatic rings. The molecule has 1 N–H and O–H groups in total. The first-order valence-corrected chi connectivity index (χ1v) is 10.1. The van der Waals surface area contributed by atoms with Gasteiger partial charge in [0, 0.05) is 5.39 Å². The number of para-hydroxylation sites is 1. The molecule has 1 atom stereocenters. The number of hydrogen-bond donors (Lipinski definition) is 1. The molecule has 0 aliphatic heterocycles. The van der Waals surface area contributed by atoms with Crippen molar-refractivity contribution in [2.75, 3.05) is 7.11 Å². The van der Waals surface area contributed by atoms with Crippen LogP contribution >= 0.6 is 0 Å². The first-order valence-electron chi connectivity index (χ1n) is 10.1. The maximum atomic E-state index is 13.3. The molecule has 0 spiro atoms. The van der Waals surface area contributed by atoms with Gasteiger partial charge in [-0.25, -0.2) is 0 Å². The highest BCUT2D eigenvalue weighted by Crippen LogP contribution is 2.22. The Morgan fingerprint density at radius 1 is 0.968 bits per heavy atom. The highest BCUT2D eigenvalue weighted by Gasteiger charge is 2.20. The van der Waals surface area contributed by atoms with Gasteiger partial charge in [-0.2, -0.15) is 9.78 Å². The minimum atomic E-state index is -0.330. The summed E-state index contributed by atoms with van der Waals surface area (Å²) in [5.74, 6) is 0.427. The molecule has 31 heavy (non-hydrogen) atoms. The number of carbonyl (C=O) groups is 1. The molecule has 6 heteroatoms. The maximum absolute atomic E-state index is 13.3. The van der Waals surface area contributed by atoms with Gasteiger partial charge >= 0.3 is 0 Å². The summed E-state index contributed by atoms with van der Waals surface area (Å²) in [5, 5.41) is 8.50. The normalized spacial score (nSPS) is 11.8. The Bertz CT molecular complexity index is 1260. The van der Waals surface area contributed by atoms with Gasteiger partial charge in [0.1, 0.15) is 5.75 Å². The molecule has 0 radical (unpaired) electrons. The molecule has 0 bridgehead atoms. The van der Waals surface area contributed by atoms with Crippen molar-refractivity contribution < 1.29 is 9.53 Å². The number of rotatable bonds is 6. The zero-order chi connectivity index (χ0) is 21.8. The molecule has 156 valence electrons. The highest BCUT2D eigenvalue weighted by atomic mass is 16.5. The zero-order valence-corrected chi connectivity index (χ0v) is 17.4. The number of carbonyl (C=O) groups excluding carboxylic acids is 1. The van der Waals surface area contributed by atoms with E-state index >= 15 is 0 Å². The van der Waals surface area contributed by atoms with Crippen LogP contribution in [0.3, 0.4) is 0 Å². The second-order valence-corrected chi connectivity index (χ2v) is 7.15. The maximum Gasteiger partial charge on any atom is 0.279 e. The van der Waals surface area contributed by atoms with Crippen molar-refractivity contribution in [1.82, 2.24) is 15.1 Å². The lowest BCUT2D eigenvalue weighted by Gasteiger charge is -2.18. The second-order valence-electron chi connectivity index (χ2n) is 7.15. The van der Waals surface area contributed by atoms with Crippen molar-refractivity contribution in [2.45, 2.75) is 19.4 Å². The number of methoxy groups -OCH3 is 1. The largest absolute Gasteiger partial charge is 0.497 e. The van der Waals surface area contributed by atoms with E-state index in [4.69, 9.17) is 4.74 Å². The topological polar surface area (TPSA) is 73.2 Å². The molecule has 0 aliphatic carbocycles. The number of ether oxygens (including phenoxy) is 1. The van der Waals surface area contributed by atoms with E-state index in [9.17, 15) is 9.59 Å². The molecule has 4 aromatic rings. The Labute approximate surface area is 180 Å². The van der Waals surface area contributed by atoms with Crippen molar-refractivity contribution in [3.05, 3.63) is 100 Å². The fraction of sp³-hybridized carbons (Fsp3) is 0.160. The van der Waals surface area contributed by atoms with E-state index in [0.717, 1.165) is 11.3 Å². The Morgan fingerprint density at radius 2 is 1.61 bits per heavy atom. The first kappa shape index (κ1) is 20.3. The predicted octanol–water partition coefficient (Wildman–Crippen LogP) is 4.28. The van der Waals surface area contributed by atoms with Gasteiger partial charge in [-0.05, 0) is 42.3 Å². The molecule has 6 nitrogen and oxygen atoms in total. The van der Waals surface area contributed by atoms with Crippen LogP contribution in [0.25, 0.3) is 16.5 Å². The van der Waals surface area contributed by atoms with Crippen LogP contribution in [0.4, 0.5) is 0 Å². The number of hydrogen-bond acceptors (Lipinski definition) is 4. The number of nitrogens with one attached hydrogen (secondary N) is 1. The Hall–Kier alpha value is -3.93. The molecule has 1 heterocycles. The van der Waals surface area contributed by atoms with E-state index in [1.807, 2.05) is 49.4 Å². The molecule has 0 saturated carbocycles. The van der Waals surface area contributed by atoms with E-state index < -0.39 is 0 Å². The summed E-state index contributed by atoms with van der Waals surface area (Å²) in [6.07, 6.45) is 0.703. The molecular weight excluding hydrogens is 390 g/mol. The zero-order valence-electron chi connectivity index (χ0n) is 17.4. The summed E-state index contributed by atoms with van der Waals surface area (Å²) >= 11 is 0. The quantitative estimate of drug-likeness (QED) is 0.512. The third-order valence-electron chi connectivity index (χ3n) is 5.25. The lowest BCUT2D eigenvalue weighted by molar-refractivity contribution is 0.0930. The van der Waals surface area contributed by atoms with Gasteiger partial charge < -0.3 is 10.1 Å². The third kappa shape index (κ3) is 4.05. The van der Waals surface area contributed by atoms with E-state index in [1.165, 1.54) is 4.68 Å². The third-order valence-corrected chi connectivity index (χ3v) is 5.25. The van der Waals surface area contributed by atoms with Crippen LogP contribution in [0, 0.1) is 0 Å². The predicted molar refractivity (Wildman–Crippen MR) is 121 cm³/mol. The van der Waals surface area contributed by atoms with Gasteiger partial charge in [-0.15, -0.1) is 0 Å². The monoisotopic (exact) mass is 413 g/mol. The van der Waals surface area contributed by atoms with E-state index in [-0.39, 0.29) is 23.2 Å². The van der Waals surface area contributed by atoms with Crippen molar-refractivity contribution in [2.24, 2.45) is 0 Å². The summed E-state index contributed by atoms with van der Waals surface area (Å²) in [4.78, 5) is 26.3. The smallest absolute Gasteiger partial charge is 0.279 e. The van der Waals surface area contributed by atoms with Crippen LogP contribution < -0.4 is 15.6 Å². The molecule has 0 saturated heterocycles. The molecule has 1 unspecified atom stereocenters. The van der Waals surface area contributed by atoms with Crippen molar-refractivity contribution in [3.63, 3.8) is 0 Å². The Kier molecular flexibility index (Phi) is 5.80. The van der Waals surface area contributed by atoms with Crippen molar-refractivity contribution >= 4 is 16.7 Å². The molecule has 1 aromatic heterocycles. The summed E-state index contributed by atoms with van der Waals surface area (Å²) in [7, 11) is 1.62. The average Bonchev–Trinajstić information content (AvgIpc) is 2.83. The van der Waals surface area contributed by atoms with Gasteiger partial charge in [-0.3, -0.25) is 9.59 Å². The molecular formula is C25H23N3O3. The second kappa shape index (κ2) is 8.83. The van der Waals surface area contributed by atoms with E-state index in [2.05, 4.69) is 10.4 Å². The number of amides is 1. The summed E-state index contributed by atoms with van der Waals surface area (Å²) in [6, 6.07) is 23.6. The van der Waals surface area contributed by atoms with Gasteiger partial charge in [0.05, 0.1) is 24.2 Å². The lowest BCUT2D eigenvalue weighted by atomic mass is 10.0. The van der Waals surface area contributed by atoms with Gasteiger partial charge in [-0.1, -0.05) is 55.5 Å². The summed E-state index contributed by atoms with van der Waals surface area (Å²) < 4.78 is 6.50. The number of benzene rings is 3. The van der Waals surface area contributed by atoms with E-state index in [0.29, 0.717) is 22.9 Å².